The molecule has 2 aliphatic rings. The third-order valence-electron chi connectivity index (χ3n) is 4.95. The van der Waals surface area contributed by atoms with Gasteiger partial charge in [0.15, 0.2) is 0 Å². The Morgan fingerprint density at radius 1 is 1.24 bits per heavy atom. The summed E-state index contributed by atoms with van der Waals surface area (Å²) in [5.41, 5.74) is 0.581. The number of hydrogen-bond acceptors (Lipinski definition) is 4. The first kappa shape index (κ1) is 17.8. The summed E-state index contributed by atoms with van der Waals surface area (Å²) in [5.74, 6) is -0.00545. The Balaban J connectivity index is 1.44. The summed E-state index contributed by atoms with van der Waals surface area (Å²) < 4.78 is 10.6. The molecule has 1 unspecified atom stereocenters. The normalized spacial score (nSPS) is 22.0. The number of furan rings is 1. The van der Waals surface area contributed by atoms with Gasteiger partial charge in [-0.3, -0.25) is 4.79 Å². The number of nitrogens with zero attached hydrogens (tertiary/aromatic N) is 2. The zero-order valence-corrected chi connectivity index (χ0v) is 14.8. The van der Waals surface area contributed by atoms with Crippen LogP contribution >= 0.6 is 0 Å². The molecule has 3 amide bonds. The van der Waals surface area contributed by atoms with E-state index in [0.29, 0.717) is 31.8 Å². The minimum atomic E-state index is -0.0102. The van der Waals surface area contributed by atoms with Gasteiger partial charge in [0.2, 0.25) is 0 Å². The van der Waals surface area contributed by atoms with Gasteiger partial charge in [0.1, 0.15) is 6.26 Å². The molecule has 0 radical (unpaired) electrons. The summed E-state index contributed by atoms with van der Waals surface area (Å²) >= 11 is 0. The molecule has 1 atom stereocenters. The SMILES string of the molecule is CCOC1CCCN(C(=O)NC2CCN(C(=O)c3ccoc3)CC2)C1. The van der Waals surface area contributed by atoms with Crippen LogP contribution in [0.15, 0.2) is 23.0 Å². The van der Waals surface area contributed by atoms with E-state index < -0.39 is 0 Å². The molecule has 138 valence electrons. The third-order valence-corrected chi connectivity index (χ3v) is 4.95. The van der Waals surface area contributed by atoms with E-state index in [9.17, 15) is 9.59 Å². The van der Waals surface area contributed by atoms with Crippen LogP contribution in [0.3, 0.4) is 0 Å². The van der Waals surface area contributed by atoms with Gasteiger partial charge in [0.25, 0.3) is 5.91 Å². The summed E-state index contributed by atoms with van der Waals surface area (Å²) in [6.45, 7) is 5.42. The van der Waals surface area contributed by atoms with E-state index >= 15 is 0 Å². The molecular weight excluding hydrogens is 322 g/mol. The third kappa shape index (κ3) is 4.54. The van der Waals surface area contributed by atoms with Crippen LogP contribution in [-0.4, -0.2) is 66.7 Å². The van der Waals surface area contributed by atoms with Crippen molar-refractivity contribution >= 4 is 11.9 Å². The van der Waals surface area contributed by atoms with Gasteiger partial charge in [-0.25, -0.2) is 4.79 Å². The summed E-state index contributed by atoms with van der Waals surface area (Å²) in [5, 5.41) is 3.12. The monoisotopic (exact) mass is 349 g/mol. The first-order chi connectivity index (χ1) is 12.2. The fourth-order valence-corrected chi connectivity index (χ4v) is 3.56. The molecule has 1 aromatic rings. The Morgan fingerprint density at radius 2 is 2.04 bits per heavy atom. The lowest BCUT2D eigenvalue weighted by Gasteiger charge is -2.36. The smallest absolute Gasteiger partial charge is 0.317 e. The van der Waals surface area contributed by atoms with Crippen LogP contribution in [0, 0.1) is 0 Å². The molecule has 3 heterocycles. The van der Waals surface area contributed by atoms with Crippen LogP contribution in [0.25, 0.3) is 0 Å². The van der Waals surface area contributed by atoms with Gasteiger partial charge in [0.05, 0.1) is 17.9 Å². The van der Waals surface area contributed by atoms with E-state index in [-0.39, 0.29) is 24.1 Å². The van der Waals surface area contributed by atoms with Crippen molar-refractivity contribution < 1.29 is 18.7 Å². The van der Waals surface area contributed by atoms with Crippen molar-refractivity contribution in [2.24, 2.45) is 0 Å². The topological polar surface area (TPSA) is 75.0 Å². The first-order valence-electron chi connectivity index (χ1n) is 9.16. The molecule has 1 aromatic heterocycles. The second kappa shape index (κ2) is 8.38. The van der Waals surface area contributed by atoms with Gasteiger partial charge in [-0.15, -0.1) is 0 Å². The Morgan fingerprint density at radius 3 is 2.72 bits per heavy atom. The lowest BCUT2D eigenvalue weighted by molar-refractivity contribution is 0.0158. The molecule has 2 saturated heterocycles. The Kier molecular flexibility index (Phi) is 5.96. The number of carbonyl (C=O) groups excluding carboxylic acids is 2. The molecule has 2 fully saturated rings. The Bertz CT molecular complexity index is 565. The minimum absolute atomic E-state index is 0.00545. The predicted molar refractivity (Wildman–Crippen MR) is 92.4 cm³/mol. The second-order valence-electron chi connectivity index (χ2n) is 6.69. The quantitative estimate of drug-likeness (QED) is 0.903. The second-order valence-corrected chi connectivity index (χ2v) is 6.69. The zero-order chi connectivity index (χ0) is 17.6. The van der Waals surface area contributed by atoms with Crippen LogP contribution in [0.4, 0.5) is 4.79 Å². The van der Waals surface area contributed by atoms with Gasteiger partial charge in [-0.2, -0.15) is 0 Å². The van der Waals surface area contributed by atoms with Crippen molar-refractivity contribution in [1.82, 2.24) is 15.1 Å². The number of nitrogens with one attached hydrogen (secondary N) is 1. The van der Waals surface area contributed by atoms with E-state index in [4.69, 9.17) is 9.15 Å². The fourth-order valence-electron chi connectivity index (χ4n) is 3.56. The predicted octanol–water partition coefficient (Wildman–Crippen LogP) is 2.09. The minimum Gasteiger partial charge on any atom is -0.472 e. The molecule has 2 aliphatic heterocycles. The largest absolute Gasteiger partial charge is 0.472 e. The molecule has 0 spiro atoms. The van der Waals surface area contributed by atoms with E-state index in [1.807, 2.05) is 16.7 Å². The number of rotatable bonds is 4. The molecule has 0 saturated carbocycles. The van der Waals surface area contributed by atoms with E-state index in [1.54, 1.807) is 6.07 Å². The average Bonchev–Trinajstić information content (AvgIpc) is 3.17. The summed E-state index contributed by atoms with van der Waals surface area (Å²) in [6.07, 6.45) is 6.69. The fraction of sp³-hybridized carbons (Fsp3) is 0.667. The number of hydrogen-bond donors (Lipinski definition) is 1. The molecule has 0 bridgehead atoms. The van der Waals surface area contributed by atoms with Gasteiger partial charge in [-0.05, 0) is 38.7 Å². The van der Waals surface area contributed by atoms with Crippen molar-refractivity contribution in [3.05, 3.63) is 24.2 Å². The number of urea groups is 1. The molecule has 0 aliphatic carbocycles. The lowest BCUT2D eigenvalue weighted by atomic mass is 10.0. The summed E-state index contributed by atoms with van der Waals surface area (Å²) in [4.78, 5) is 28.4. The van der Waals surface area contributed by atoms with E-state index in [0.717, 1.165) is 32.2 Å². The maximum Gasteiger partial charge on any atom is 0.317 e. The van der Waals surface area contributed by atoms with E-state index in [1.165, 1.54) is 12.5 Å². The Labute approximate surface area is 148 Å². The maximum atomic E-state index is 12.5. The van der Waals surface area contributed by atoms with Crippen molar-refractivity contribution in [2.45, 2.75) is 44.8 Å². The molecule has 7 heteroatoms. The number of piperidine rings is 2. The van der Waals surface area contributed by atoms with Crippen LogP contribution in [0.1, 0.15) is 43.0 Å². The molecule has 0 aromatic carbocycles. The molecule has 25 heavy (non-hydrogen) atoms. The van der Waals surface area contributed by atoms with Crippen LogP contribution < -0.4 is 5.32 Å². The number of amides is 3. The van der Waals surface area contributed by atoms with Crippen LogP contribution in [-0.2, 0) is 4.74 Å². The molecule has 7 nitrogen and oxygen atoms in total. The average molecular weight is 349 g/mol. The number of ether oxygens (including phenoxy) is 1. The van der Waals surface area contributed by atoms with Crippen molar-refractivity contribution in [2.75, 3.05) is 32.8 Å². The zero-order valence-electron chi connectivity index (χ0n) is 14.8. The highest BCUT2D eigenvalue weighted by Crippen LogP contribution is 2.17. The molecule has 3 rings (SSSR count). The van der Waals surface area contributed by atoms with Gasteiger partial charge >= 0.3 is 6.03 Å². The maximum absolute atomic E-state index is 12.5. The van der Waals surface area contributed by atoms with Gasteiger partial charge in [-0.1, -0.05) is 0 Å². The first-order valence-corrected chi connectivity index (χ1v) is 9.16. The van der Waals surface area contributed by atoms with Crippen molar-refractivity contribution in [3.63, 3.8) is 0 Å². The Hall–Kier alpha value is -2.02. The number of carbonyl (C=O) groups is 2. The lowest BCUT2D eigenvalue weighted by Crippen LogP contribution is -2.53. The van der Waals surface area contributed by atoms with Crippen molar-refractivity contribution in [3.8, 4) is 0 Å². The van der Waals surface area contributed by atoms with Crippen LogP contribution in [0.2, 0.25) is 0 Å². The highest BCUT2D eigenvalue weighted by molar-refractivity contribution is 5.93. The van der Waals surface area contributed by atoms with Gasteiger partial charge in [0, 0.05) is 38.8 Å². The highest BCUT2D eigenvalue weighted by Gasteiger charge is 2.28. The van der Waals surface area contributed by atoms with Crippen LogP contribution in [0.5, 0.6) is 0 Å². The van der Waals surface area contributed by atoms with Crippen molar-refractivity contribution in [1.29, 1.82) is 0 Å². The number of likely N-dealkylation sites (tertiary alicyclic amines) is 2. The molecular formula is C18H27N3O4. The summed E-state index contributed by atoms with van der Waals surface area (Å²) in [6, 6.07) is 1.79. The van der Waals surface area contributed by atoms with E-state index in [2.05, 4.69) is 5.32 Å². The highest BCUT2D eigenvalue weighted by atomic mass is 16.5. The summed E-state index contributed by atoms with van der Waals surface area (Å²) in [7, 11) is 0. The standard InChI is InChI=1S/C18H27N3O4/c1-2-25-16-4-3-8-21(12-16)18(23)19-15-5-9-20(10-6-15)17(22)14-7-11-24-13-14/h7,11,13,15-16H,2-6,8-10,12H2,1H3,(H,19,23). The molecule has 1 N–H and O–H groups in total. The van der Waals surface area contributed by atoms with Gasteiger partial charge < -0.3 is 24.3 Å².